The minimum Gasteiger partial charge on any atom is -0.487 e. The van der Waals surface area contributed by atoms with Crippen LogP contribution in [-0.2, 0) is 22.7 Å². The van der Waals surface area contributed by atoms with Gasteiger partial charge in [0.25, 0.3) is 0 Å². The van der Waals surface area contributed by atoms with Gasteiger partial charge in [0, 0.05) is 29.6 Å². The van der Waals surface area contributed by atoms with Gasteiger partial charge in [-0.05, 0) is 55.3 Å². The molecule has 0 bridgehead atoms. The minimum atomic E-state index is -0.233. The van der Waals surface area contributed by atoms with Crippen molar-refractivity contribution >= 4 is 40.8 Å². The summed E-state index contributed by atoms with van der Waals surface area (Å²) < 4.78 is 5.80. The number of nitrogens with one attached hydrogen (secondary N) is 1. The van der Waals surface area contributed by atoms with Gasteiger partial charge < -0.3 is 15.0 Å². The summed E-state index contributed by atoms with van der Waals surface area (Å²) >= 11 is 7.46. The van der Waals surface area contributed by atoms with Crippen LogP contribution in [-0.4, -0.2) is 34.8 Å². The van der Waals surface area contributed by atoms with Crippen LogP contribution in [0.4, 0.5) is 0 Å². The zero-order chi connectivity index (χ0) is 23.6. The summed E-state index contributed by atoms with van der Waals surface area (Å²) in [5, 5.41) is 6.45. The van der Waals surface area contributed by atoms with Gasteiger partial charge >= 0.3 is 0 Å². The zero-order valence-electron chi connectivity index (χ0n) is 18.6. The van der Waals surface area contributed by atoms with E-state index in [-0.39, 0.29) is 18.4 Å². The Kier molecular flexibility index (Phi) is 9.04. The Balaban J connectivity index is 1.51. The summed E-state index contributed by atoms with van der Waals surface area (Å²) in [5.41, 5.74) is 2.66. The molecular formula is C25H26ClN3O3S. The van der Waals surface area contributed by atoms with Crippen molar-refractivity contribution in [1.29, 1.82) is 0 Å². The van der Waals surface area contributed by atoms with E-state index in [1.165, 1.54) is 11.0 Å². The molecule has 1 aromatic heterocycles. The number of nitrogens with zero attached hydrogens (tertiary/aromatic N) is 2. The van der Waals surface area contributed by atoms with Crippen LogP contribution in [0.5, 0.6) is 5.75 Å². The summed E-state index contributed by atoms with van der Waals surface area (Å²) in [4.78, 5) is 30.8. The second kappa shape index (κ2) is 12.2. The first-order valence-electron chi connectivity index (χ1n) is 10.5. The van der Waals surface area contributed by atoms with Gasteiger partial charge in [-0.2, -0.15) is 0 Å². The van der Waals surface area contributed by atoms with Crippen LogP contribution < -0.4 is 10.1 Å². The van der Waals surface area contributed by atoms with E-state index in [1.807, 2.05) is 55.6 Å². The van der Waals surface area contributed by atoms with Crippen molar-refractivity contribution in [2.45, 2.75) is 27.0 Å². The molecule has 0 saturated carbocycles. The monoisotopic (exact) mass is 483 g/mol. The van der Waals surface area contributed by atoms with Crippen LogP contribution in [0.3, 0.4) is 0 Å². The Bertz CT molecular complexity index is 1110. The summed E-state index contributed by atoms with van der Waals surface area (Å²) in [6.45, 7) is 4.99. The molecule has 2 amide bonds. The Morgan fingerprint density at radius 2 is 2.00 bits per heavy atom. The molecule has 6 nitrogen and oxygen atoms in total. The largest absolute Gasteiger partial charge is 0.487 e. The molecule has 3 rings (SSSR count). The lowest BCUT2D eigenvalue weighted by Gasteiger charge is -2.18. The van der Waals surface area contributed by atoms with E-state index in [4.69, 9.17) is 16.3 Å². The predicted octanol–water partition coefficient (Wildman–Crippen LogP) is 4.86. The van der Waals surface area contributed by atoms with Gasteiger partial charge in [-0.15, -0.1) is 11.3 Å². The average molecular weight is 484 g/mol. The smallest absolute Gasteiger partial charge is 0.247 e. The first-order chi connectivity index (χ1) is 15.9. The number of amides is 2. The number of aryl methyl sites for hydroxylation is 1. The van der Waals surface area contributed by atoms with Gasteiger partial charge in [-0.3, -0.25) is 9.59 Å². The Labute approximate surface area is 202 Å². The Hall–Kier alpha value is -3.16. The third kappa shape index (κ3) is 8.04. The number of likely N-dealkylation sites (N-methyl/N-ethyl adjacent to an activating group) is 1. The van der Waals surface area contributed by atoms with Crippen LogP contribution >= 0.6 is 22.9 Å². The van der Waals surface area contributed by atoms with Crippen LogP contribution in [0.15, 0.2) is 60.0 Å². The van der Waals surface area contributed by atoms with Crippen molar-refractivity contribution in [2.75, 3.05) is 13.1 Å². The third-order valence-corrected chi connectivity index (χ3v) is 5.83. The lowest BCUT2D eigenvalue weighted by atomic mass is 10.2. The van der Waals surface area contributed by atoms with Gasteiger partial charge in [0.1, 0.15) is 12.4 Å². The molecule has 1 N–H and O–H groups in total. The number of thiazole rings is 1. The fourth-order valence-electron chi connectivity index (χ4n) is 2.99. The number of aromatic nitrogens is 1. The second-order valence-electron chi connectivity index (χ2n) is 7.31. The quantitative estimate of drug-likeness (QED) is 0.418. The summed E-state index contributed by atoms with van der Waals surface area (Å²) in [6.07, 6.45) is 3.19. The van der Waals surface area contributed by atoms with Gasteiger partial charge in [0.15, 0.2) is 0 Å². The maximum Gasteiger partial charge on any atom is 0.247 e. The van der Waals surface area contributed by atoms with Crippen LogP contribution in [0.2, 0.25) is 5.02 Å². The molecule has 0 aliphatic heterocycles. The average Bonchev–Trinajstić information content (AvgIpc) is 3.24. The normalized spacial score (nSPS) is 10.9. The molecule has 0 fully saturated rings. The highest BCUT2D eigenvalue weighted by molar-refractivity contribution is 7.09. The highest BCUT2D eigenvalue weighted by Crippen LogP contribution is 2.17. The van der Waals surface area contributed by atoms with E-state index in [1.54, 1.807) is 29.5 Å². The maximum absolute atomic E-state index is 12.6. The van der Waals surface area contributed by atoms with Crippen molar-refractivity contribution in [2.24, 2.45) is 0 Å². The van der Waals surface area contributed by atoms with E-state index in [2.05, 4.69) is 10.3 Å². The van der Waals surface area contributed by atoms with Crippen molar-refractivity contribution in [3.8, 4) is 5.75 Å². The Morgan fingerprint density at radius 3 is 2.70 bits per heavy atom. The standard InChI is InChI=1S/C25H26ClN3O3S/c1-3-29(15-24(30)27-14-20-7-10-21(26)11-8-20)25(31)12-9-19-5-4-6-23(13-19)32-16-22-17-33-18(2)28-22/h4-13,17H,3,14-16H2,1-2H3,(H,27,30)/b12-9+. The van der Waals surface area contributed by atoms with Crippen LogP contribution in [0.1, 0.15) is 28.8 Å². The topological polar surface area (TPSA) is 71.5 Å². The molecule has 3 aromatic rings. The van der Waals surface area contributed by atoms with E-state index in [0.29, 0.717) is 30.5 Å². The SMILES string of the molecule is CCN(CC(=O)NCc1ccc(Cl)cc1)C(=O)/C=C/c1cccc(OCc2csc(C)n2)c1. The highest BCUT2D eigenvalue weighted by atomic mass is 35.5. The van der Waals surface area contributed by atoms with Gasteiger partial charge in [-0.25, -0.2) is 4.98 Å². The molecule has 33 heavy (non-hydrogen) atoms. The molecule has 0 saturated heterocycles. The van der Waals surface area contributed by atoms with Crippen molar-refractivity contribution in [1.82, 2.24) is 15.2 Å². The van der Waals surface area contributed by atoms with Crippen molar-refractivity contribution in [3.05, 3.63) is 86.8 Å². The maximum atomic E-state index is 12.6. The Morgan fingerprint density at radius 1 is 1.21 bits per heavy atom. The molecule has 1 heterocycles. The summed E-state index contributed by atoms with van der Waals surface area (Å²) in [7, 11) is 0. The summed E-state index contributed by atoms with van der Waals surface area (Å²) in [5.74, 6) is 0.244. The minimum absolute atomic E-state index is 0.0104. The van der Waals surface area contributed by atoms with Crippen molar-refractivity contribution < 1.29 is 14.3 Å². The van der Waals surface area contributed by atoms with E-state index >= 15 is 0 Å². The van der Waals surface area contributed by atoms with Crippen LogP contribution in [0, 0.1) is 6.92 Å². The number of benzene rings is 2. The van der Waals surface area contributed by atoms with E-state index < -0.39 is 0 Å². The van der Waals surface area contributed by atoms with E-state index in [0.717, 1.165) is 21.8 Å². The number of hydrogen-bond donors (Lipinski definition) is 1. The van der Waals surface area contributed by atoms with Gasteiger partial charge in [0.2, 0.25) is 11.8 Å². The number of rotatable bonds is 10. The molecule has 0 spiro atoms. The molecule has 2 aromatic carbocycles. The molecule has 0 aliphatic carbocycles. The molecule has 0 atom stereocenters. The lowest BCUT2D eigenvalue weighted by molar-refractivity contribution is -0.132. The van der Waals surface area contributed by atoms with Crippen molar-refractivity contribution in [3.63, 3.8) is 0 Å². The molecular weight excluding hydrogens is 458 g/mol. The lowest BCUT2D eigenvalue weighted by Crippen LogP contribution is -2.39. The fraction of sp³-hybridized carbons (Fsp3) is 0.240. The first kappa shape index (κ1) is 24.5. The number of carbonyl (C=O) groups is 2. The molecule has 0 aliphatic rings. The van der Waals surface area contributed by atoms with Gasteiger partial charge in [-0.1, -0.05) is 35.9 Å². The predicted molar refractivity (Wildman–Crippen MR) is 132 cm³/mol. The number of ether oxygens (including phenoxy) is 1. The highest BCUT2D eigenvalue weighted by Gasteiger charge is 2.13. The third-order valence-electron chi connectivity index (χ3n) is 4.76. The fourth-order valence-corrected chi connectivity index (χ4v) is 3.71. The second-order valence-corrected chi connectivity index (χ2v) is 8.81. The first-order valence-corrected chi connectivity index (χ1v) is 11.8. The molecule has 0 unspecified atom stereocenters. The zero-order valence-corrected chi connectivity index (χ0v) is 20.2. The van der Waals surface area contributed by atoms with Gasteiger partial charge in [0.05, 0.1) is 17.2 Å². The van der Waals surface area contributed by atoms with Crippen LogP contribution in [0.25, 0.3) is 6.08 Å². The molecule has 172 valence electrons. The molecule has 8 heteroatoms. The summed E-state index contributed by atoms with van der Waals surface area (Å²) in [6, 6.07) is 14.7. The molecule has 0 radical (unpaired) electrons. The van der Waals surface area contributed by atoms with E-state index in [9.17, 15) is 9.59 Å². The number of carbonyl (C=O) groups excluding carboxylic acids is 2. The number of halogens is 1. The number of hydrogen-bond acceptors (Lipinski definition) is 5.